The highest BCUT2D eigenvalue weighted by Crippen LogP contribution is 2.44. The van der Waals surface area contributed by atoms with E-state index in [2.05, 4.69) is 6.08 Å². The van der Waals surface area contributed by atoms with Crippen molar-refractivity contribution in [3.8, 4) is 15.5 Å². The number of hydrogen-bond donors (Lipinski definition) is 1. The number of carbonyl (C=O) groups excluding carboxylic acids is 1. The Kier molecular flexibility index (Phi) is 5.65. The molecule has 1 aliphatic carbocycles. The van der Waals surface area contributed by atoms with Gasteiger partial charge in [-0.2, -0.15) is 0 Å². The number of carbonyl (C=O) groups is 2. The predicted molar refractivity (Wildman–Crippen MR) is 108 cm³/mol. The van der Waals surface area contributed by atoms with Crippen molar-refractivity contribution in [2.45, 2.75) is 39.7 Å². The third-order valence-electron chi connectivity index (χ3n) is 4.60. The molecule has 0 spiro atoms. The van der Waals surface area contributed by atoms with Crippen LogP contribution in [0.1, 0.15) is 33.6 Å². The van der Waals surface area contributed by atoms with E-state index in [9.17, 15) is 9.59 Å². The highest BCUT2D eigenvalue weighted by molar-refractivity contribution is 7.18. The quantitative estimate of drug-likeness (QED) is 0.540. The van der Waals surface area contributed by atoms with E-state index in [4.69, 9.17) is 9.84 Å². The maximum Gasteiger partial charge on any atom is 0.512 e. The Morgan fingerprint density at radius 2 is 1.96 bits per heavy atom. The average molecular weight is 385 g/mol. The van der Waals surface area contributed by atoms with Crippen LogP contribution in [0.25, 0.3) is 10.4 Å². The van der Waals surface area contributed by atoms with Crippen LogP contribution in [0.3, 0.4) is 0 Å². The molecule has 2 aromatic rings. The second-order valence-corrected chi connectivity index (χ2v) is 8.02. The molecule has 1 aliphatic rings. The van der Waals surface area contributed by atoms with Gasteiger partial charge in [-0.05, 0) is 45.2 Å². The molecule has 5 nitrogen and oxygen atoms in total. The van der Waals surface area contributed by atoms with Crippen LogP contribution in [0.2, 0.25) is 0 Å². The Balaban J connectivity index is 2.01. The molecule has 0 fully saturated rings. The number of benzene rings is 1. The van der Waals surface area contributed by atoms with E-state index in [-0.39, 0.29) is 22.9 Å². The molecule has 0 bridgehead atoms. The number of rotatable bonds is 5. The molecule has 0 radical (unpaired) electrons. The van der Waals surface area contributed by atoms with Crippen LogP contribution >= 0.6 is 11.3 Å². The lowest BCUT2D eigenvalue weighted by atomic mass is 10.0. The van der Waals surface area contributed by atoms with E-state index in [1.807, 2.05) is 57.2 Å². The molecule has 0 aliphatic heterocycles. The summed E-state index contributed by atoms with van der Waals surface area (Å²) in [6.07, 6.45) is 2.18. The molecule has 1 atom stereocenters. The largest absolute Gasteiger partial charge is 0.512 e. The summed E-state index contributed by atoms with van der Waals surface area (Å²) in [5.41, 5.74) is 2.69. The van der Waals surface area contributed by atoms with Crippen LogP contribution in [-0.4, -0.2) is 23.2 Å². The lowest BCUT2D eigenvalue weighted by Crippen LogP contribution is -2.40. The van der Waals surface area contributed by atoms with Crippen LogP contribution < -0.4 is 9.64 Å². The van der Waals surface area contributed by atoms with Crippen LogP contribution in [0.15, 0.2) is 48.0 Å². The number of ether oxygens (including phenoxy) is 1. The summed E-state index contributed by atoms with van der Waals surface area (Å²) in [6, 6.07) is 11.4. The number of anilines is 1. The summed E-state index contributed by atoms with van der Waals surface area (Å²) in [4.78, 5) is 27.0. The first kappa shape index (κ1) is 19.2. The highest BCUT2D eigenvalue weighted by Gasteiger charge is 2.32. The number of amides is 1. The molecule has 1 heterocycles. The zero-order chi connectivity index (χ0) is 19.6. The second-order valence-electron chi connectivity index (χ2n) is 7.01. The topological polar surface area (TPSA) is 66.8 Å². The van der Waals surface area contributed by atoms with Crippen molar-refractivity contribution in [1.29, 1.82) is 0 Å². The van der Waals surface area contributed by atoms with Gasteiger partial charge < -0.3 is 14.7 Å². The highest BCUT2D eigenvalue weighted by atomic mass is 32.1. The molecule has 3 rings (SSSR count). The van der Waals surface area contributed by atoms with Crippen LogP contribution in [0.5, 0.6) is 5.06 Å². The van der Waals surface area contributed by atoms with Gasteiger partial charge >= 0.3 is 6.16 Å². The normalized spacial score (nSPS) is 16.3. The summed E-state index contributed by atoms with van der Waals surface area (Å²) in [5.74, 6) is -0.101. The SMILES string of the molecule is CC1=CCC(C(=O)N(c2cc(-c3ccccc3)sc2OC(=O)O)C(C)C)C1. The third kappa shape index (κ3) is 4.22. The van der Waals surface area contributed by atoms with Gasteiger partial charge in [0.05, 0.1) is 5.69 Å². The Morgan fingerprint density at radius 1 is 1.26 bits per heavy atom. The van der Waals surface area contributed by atoms with Crippen molar-refractivity contribution in [3.05, 3.63) is 48.0 Å². The lowest BCUT2D eigenvalue weighted by Gasteiger charge is -2.29. The number of nitrogens with zero attached hydrogens (tertiary/aromatic N) is 1. The molecule has 1 aromatic heterocycles. The number of carboxylic acid groups (broad SMARTS) is 1. The van der Waals surface area contributed by atoms with E-state index < -0.39 is 6.16 Å². The van der Waals surface area contributed by atoms with E-state index >= 15 is 0 Å². The van der Waals surface area contributed by atoms with Gasteiger partial charge in [-0.25, -0.2) is 4.79 Å². The summed E-state index contributed by atoms with van der Waals surface area (Å²) < 4.78 is 5.04. The van der Waals surface area contributed by atoms with Crippen molar-refractivity contribution >= 4 is 29.1 Å². The van der Waals surface area contributed by atoms with E-state index in [0.717, 1.165) is 23.3 Å². The van der Waals surface area contributed by atoms with Gasteiger partial charge in [-0.3, -0.25) is 4.79 Å². The molecule has 1 unspecified atom stereocenters. The molecular formula is C21H23NO4S. The fourth-order valence-electron chi connectivity index (χ4n) is 3.36. The zero-order valence-electron chi connectivity index (χ0n) is 15.6. The monoisotopic (exact) mass is 385 g/mol. The summed E-state index contributed by atoms with van der Waals surface area (Å²) in [6.45, 7) is 5.89. The van der Waals surface area contributed by atoms with Crippen molar-refractivity contribution in [2.75, 3.05) is 4.90 Å². The fraction of sp³-hybridized carbons (Fsp3) is 0.333. The summed E-state index contributed by atoms with van der Waals surface area (Å²) >= 11 is 1.24. The van der Waals surface area contributed by atoms with Crippen molar-refractivity contribution in [1.82, 2.24) is 0 Å². The molecule has 27 heavy (non-hydrogen) atoms. The van der Waals surface area contributed by atoms with Crippen LogP contribution in [-0.2, 0) is 4.79 Å². The first-order valence-electron chi connectivity index (χ1n) is 8.95. The Morgan fingerprint density at radius 3 is 2.52 bits per heavy atom. The third-order valence-corrected chi connectivity index (χ3v) is 5.65. The fourth-order valence-corrected chi connectivity index (χ4v) is 4.36. The Bertz CT molecular complexity index is 870. The van der Waals surface area contributed by atoms with Gasteiger partial charge in [0.2, 0.25) is 11.0 Å². The standard InChI is InChI=1S/C21H23NO4S/c1-13(2)22(19(23)16-10-9-14(3)11-16)17-12-18(15-7-5-4-6-8-15)27-20(17)26-21(24)25/h4-9,12-13,16H,10-11H2,1-3H3,(H,24,25). The van der Waals surface area contributed by atoms with Gasteiger partial charge in [0.1, 0.15) is 0 Å². The van der Waals surface area contributed by atoms with Gasteiger partial charge in [0.15, 0.2) is 0 Å². The van der Waals surface area contributed by atoms with Crippen molar-refractivity contribution < 1.29 is 19.4 Å². The predicted octanol–water partition coefficient (Wildman–Crippen LogP) is 5.57. The van der Waals surface area contributed by atoms with Crippen LogP contribution in [0.4, 0.5) is 10.5 Å². The average Bonchev–Trinajstić information content (AvgIpc) is 3.22. The zero-order valence-corrected chi connectivity index (χ0v) is 16.5. The maximum absolute atomic E-state index is 13.2. The van der Waals surface area contributed by atoms with E-state index in [1.165, 1.54) is 16.9 Å². The number of hydrogen-bond acceptors (Lipinski definition) is 4. The smallest absolute Gasteiger partial charge is 0.449 e. The van der Waals surface area contributed by atoms with E-state index in [1.54, 1.807) is 4.90 Å². The molecular weight excluding hydrogens is 362 g/mol. The van der Waals surface area contributed by atoms with E-state index in [0.29, 0.717) is 5.69 Å². The number of allylic oxidation sites excluding steroid dienone is 2. The molecule has 1 N–H and O–H groups in total. The van der Waals surface area contributed by atoms with Gasteiger partial charge in [-0.1, -0.05) is 53.3 Å². The van der Waals surface area contributed by atoms with Gasteiger partial charge in [-0.15, -0.1) is 0 Å². The summed E-state index contributed by atoms with van der Waals surface area (Å²) in [7, 11) is 0. The minimum absolute atomic E-state index is 0.00532. The maximum atomic E-state index is 13.2. The molecule has 142 valence electrons. The van der Waals surface area contributed by atoms with Crippen molar-refractivity contribution in [2.24, 2.45) is 5.92 Å². The summed E-state index contributed by atoms with van der Waals surface area (Å²) in [5, 5.41) is 9.38. The van der Waals surface area contributed by atoms with Gasteiger partial charge in [0.25, 0.3) is 0 Å². The first-order valence-corrected chi connectivity index (χ1v) is 9.77. The Hall–Kier alpha value is -2.60. The van der Waals surface area contributed by atoms with Crippen LogP contribution in [0, 0.1) is 5.92 Å². The molecule has 0 saturated carbocycles. The molecule has 0 saturated heterocycles. The molecule has 1 aromatic carbocycles. The number of thiophene rings is 1. The van der Waals surface area contributed by atoms with Gasteiger partial charge in [0, 0.05) is 16.8 Å². The minimum atomic E-state index is -1.38. The molecule has 6 heteroatoms. The van der Waals surface area contributed by atoms with Crippen molar-refractivity contribution in [3.63, 3.8) is 0 Å². The first-order chi connectivity index (χ1) is 12.9. The second kappa shape index (κ2) is 7.96. The molecule has 1 amide bonds. The minimum Gasteiger partial charge on any atom is -0.449 e. The Labute approximate surface area is 162 Å². The lowest BCUT2D eigenvalue weighted by molar-refractivity contribution is -0.122.